The second-order valence-electron chi connectivity index (χ2n) is 19.5. The van der Waals surface area contributed by atoms with E-state index in [0.717, 1.165) is 11.1 Å². The maximum absolute atomic E-state index is 14.6. The van der Waals surface area contributed by atoms with Gasteiger partial charge in [0.2, 0.25) is 6.29 Å². The first-order chi connectivity index (χ1) is 26.1. The molecule has 316 valence electrons. The van der Waals surface area contributed by atoms with E-state index in [-0.39, 0.29) is 30.6 Å². The Kier molecular flexibility index (Phi) is 10.8. The van der Waals surface area contributed by atoms with Gasteiger partial charge in [-0.05, 0) is 92.8 Å². The Labute approximate surface area is 328 Å². The molecule has 0 aromatic rings. The number of hydrogen-bond donors (Lipinski definition) is 8. The average Bonchev–Trinajstić information content (AvgIpc) is 3.14. The lowest BCUT2D eigenvalue weighted by molar-refractivity contribution is -0.314. The van der Waals surface area contributed by atoms with Gasteiger partial charge in [0.25, 0.3) is 0 Å². The van der Waals surface area contributed by atoms with Crippen LogP contribution in [0.25, 0.3) is 0 Å². The molecule has 2 aliphatic heterocycles. The summed E-state index contributed by atoms with van der Waals surface area (Å²) in [6.45, 7) is 13.7. The third kappa shape index (κ3) is 5.78. The molecule has 14 nitrogen and oxygen atoms in total. The molecular weight excluding hydrogens is 728 g/mol. The summed E-state index contributed by atoms with van der Waals surface area (Å²) in [6.07, 6.45) is -6.04. The first-order valence-electron chi connectivity index (χ1n) is 20.7. The van der Waals surface area contributed by atoms with Gasteiger partial charge < -0.3 is 59.8 Å². The smallest absolute Gasteiger partial charge is 0.315 e. The average molecular weight is 793 g/mol. The van der Waals surface area contributed by atoms with Crippen LogP contribution in [0.5, 0.6) is 0 Å². The van der Waals surface area contributed by atoms with E-state index < -0.39 is 119 Å². The Bertz CT molecular complexity index is 1610. The van der Waals surface area contributed by atoms with E-state index in [0.29, 0.717) is 38.5 Å². The molecule has 0 bridgehead atoms. The Morgan fingerprint density at radius 2 is 1.46 bits per heavy atom. The fraction of sp³-hybridized carbons (Fsp3) is 0.857. The van der Waals surface area contributed by atoms with Crippen LogP contribution in [0.1, 0.15) is 99.8 Å². The highest BCUT2D eigenvalue weighted by Gasteiger charge is 2.73. The molecule has 5 fully saturated rings. The highest BCUT2D eigenvalue weighted by Crippen LogP contribution is 2.75. The minimum atomic E-state index is -1.75. The van der Waals surface area contributed by atoms with Crippen molar-refractivity contribution in [1.29, 1.82) is 0 Å². The van der Waals surface area contributed by atoms with Crippen LogP contribution in [0.3, 0.4) is 0 Å². The van der Waals surface area contributed by atoms with Gasteiger partial charge >= 0.3 is 11.9 Å². The largest absolute Gasteiger partial charge is 0.481 e. The number of fused-ring (bicyclic) bond motifs is 7. The van der Waals surface area contributed by atoms with Crippen molar-refractivity contribution in [3.63, 3.8) is 0 Å². The number of carbonyl (C=O) groups is 2. The summed E-state index contributed by atoms with van der Waals surface area (Å²) in [4.78, 5) is 28.8. The van der Waals surface area contributed by atoms with Crippen LogP contribution in [-0.2, 0) is 28.5 Å². The van der Waals surface area contributed by atoms with Gasteiger partial charge in [0.05, 0.1) is 29.6 Å². The molecule has 8 N–H and O–H groups in total. The third-order valence-electron chi connectivity index (χ3n) is 16.6. The van der Waals surface area contributed by atoms with Crippen molar-refractivity contribution in [1.82, 2.24) is 0 Å². The summed E-state index contributed by atoms with van der Waals surface area (Å²) in [7, 11) is 0. The van der Waals surface area contributed by atoms with Gasteiger partial charge in [0.15, 0.2) is 6.29 Å². The number of carboxylic acid groups (broad SMARTS) is 1. The van der Waals surface area contributed by atoms with Crippen molar-refractivity contribution in [3.8, 4) is 0 Å². The fourth-order valence-corrected chi connectivity index (χ4v) is 13.1. The molecule has 2 heterocycles. The lowest BCUT2D eigenvalue weighted by Gasteiger charge is -2.68. The molecule has 0 radical (unpaired) electrons. The van der Waals surface area contributed by atoms with Crippen molar-refractivity contribution >= 4 is 11.9 Å². The fourth-order valence-electron chi connectivity index (χ4n) is 13.1. The van der Waals surface area contributed by atoms with Crippen LogP contribution in [-0.4, -0.2) is 127 Å². The summed E-state index contributed by atoms with van der Waals surface area (Å²) in [5.41, 5.74) is -2.21. The number of rotatable bonds is 6. The molecule has 0 aromatic heterocycles. The maximum atomic E-state index is 14.6. The molecular formula is C42H64O14. The van der Waals surface area contributed by atoms with Gasteiger partial charge in [-0.3, -0.25) is 9.59 Å². The minimum Gasteiger partial charge on any atom is -0.481 e. The van der Waals surface area contributed by atoms with E-state index in [2.05, 4.69) is 53.7 Å². The van der Waals surface area contributed by atoms with Crippen LogP contribution in [0.4, 0.5) is 0 Å². The van der Waals surface area contributed by atoms with Crippen molar-refractivity contribution in [3.05, 3.63) is 23.3 Å². The SMILES string of the molecule is C[C@H]1[C@H](C)CC[C@]2(C(=O)O[C@@H]3O[C@H](CO)[C@@H](O)[C@H](O)[C@H]3O)CC[C@]3(C(=O)O)C(=CC[C@@H]4[C@@]5(C)CC[C@H](O[C@@H]6O[C@H](C)[C@H](O)[C@H](O)[C@H]6O)C(C)(C)C5=CC[C@]43C)[C@H]12. The molecule has 7 aliphatic rings. The van der Waals surface area contributed by atoms with Crippen LogP contribution in [0.2, 0.25) is 0 Å². The second-order valence-corrected chi connectivity index (χ2v) is 19.5. The van der Waals surface area contributed by atoms with E-state index in [4.69, 9.17) is 18.9 Å². The number of aliphatic hydroxyl groups excluding tert-OH is 7. The number of carboxylic acids is 1. The quantitative estimate of drug-likeness (QED) is 0.142. The standard InChI is InChI=1S/C42H64O14/c1-19-10-15-41(37(52)56-35-33(49)31(47)29(45)23(18-43)54-35)16-17-42(36(50)51)22(27(41)20(19)2)8-9-25-39(6)13-12-26(38(4,5)24(39)11-14-40(25,42)7)55-34-32(48)30(46)28(44)21(3)53-34/h8,11,19-21,23,25-35,43-49H,9-10,12-18H2,1-7H3,(H,50,51)/t19-,20+,21-,23-,25-,26+,27+,28+,29-,30+,31+,32-,33-,34+,35+,39+,40-,41+,42-/m1/s1. The zero-order chi connectivity index (χ0) is 41.1. The summed E-state index contributed by atoms with van der Waals surface area (Å²) in [6, 6.07) is 0. The predicted octanol–water partition coefficient (Wildman–Crippen LogP) is 2.18. The molecule has 2 saturated heterocycles. The third-order valence-corrected chi connectivity index (χ3v) is 16.6. The molecule has 19 atom stereocenters. The topological polar surface area (TPSA) is 233 Å². The van der Waals surface area contributed by atoms with Crippen LogP contribution in [0.15, 0.2) is 23.3 Å². The Hall–Kier alpha value is -1.98. The number of hydrogen-bond acceptors (Lipinski definition) is 13. The lowest BCUT2D eigenvalue weighted by Crippen LogP contribution is -2.66. The van der Waals surface area contributed by atoms with Crippen molar-refractivity contribution in [2.75, 3.05) is 6.61 Å². The van der Waals surface area contributed by atoms with Gasteiger partial charge in [-0.25, -0.2) is 0 Å². The van der Waals surface area contributed by atoms with Crippen molar-refractivity contribution in [2.45, 2.75) is 167 Å². The molecule has 14 heteroatoms. The summed E-state index contributed by atoms with van der Waals surface area (Å²) >= 11 is 0. The molecule has 7 rings (SSSR count). The van der Waals surface area contributed by atoms with E-state index in [1.165, 1.54) is 0 Å². The summed E-state index contributed by atoms with van der Waals surface area (Å²) in [5, 5.41) is 84.4. The Morgan fingerprint density at radius 1 is 0.804 bits per heavy atom. The molecule has 3 saturated carbocycles. The highest BCUT2D eigenvalue weighted by atomic mass is 16.7. The van der Waals surface area contributed by atoms with Crippen LogP contribution < -0.4 is 0 Å². The van der Waals surface area contributed by atoms with Gasteiger partial charge in [0.1, 0.15) is 42.7 Å². The maximum Gasteiger partial charge on any atom is 0.315 e. The first kappa shape index (κ1) is 42.2. The number of esters is 1. The van der Waals surface area contributed by atoms with Gasteiger partial charge in [-0.15, -0.1) is 0 Å². The number of allylic oxidation sites excluding steroid dienone is 2. The second kappa shape index (κ2) is 14.3. The van der Waals surface area contributed by atoms with Crippen molar-refractivity contribution < 1.29 is 69.4 Å². The van der Waals surface area contributed by atoms with E-state index in [1.807, 2.05) is 0 Å². The van der Waals surface area contributed by atoms with E-state index in [9.17, 15) is 50.4 Å². The number of carbonyl (C=O) groups excluding carboxylic acids is 1. The van der Waals surface area contributed by atoms with Gasteiger partial charge in [-0.1, -0.05) is 64.8 Å². The zero-order valence-corrected chi connectivity index (χ0v) is 33.7. The van der Waals surface area contributed by atoms with Crippen LogP contribution in [0, 0.1) is 50.7 Å². The number of ether oxygens (including phenoxy) is 4. The van der Waals surface area contributed by atoms with Crippen molar-refractivity contribution in [2.24, 2.45) is 50.7 Å². The normalized spacial score (nSPS) is 52.6. The zero-order valence-electron chi connectivity index (χ0n) is 33.7. The summed E-state index contributed by atoms with van der Waals surface area (Å²) < 4.78 is 23.8. The first-order valence-corrected chi connectivity index (χ1v) is 20.7. The molecule has 0 aromatic carbocycles. The van der Waals surface area contributed by atoms with E-state index in [1.54, 1.807) is 6.92 Å². The highest BCUT2D eigenvalue weighted by molar-refractivity contribution is 5.85. The predicted molar refractivity (Wildman–Crippen MR) is 198 cm³/mol. The Balaban J connectivity index is 1.22. The molecule has 0 unspecified atom stereocenters. The number of aliphatic hydroxyl groups is 7. The van der Waals surface area contributed by atoms with Gasteiger partial charge in [-0.2, -0.15) is 0 Å². The lowest BCUT2D eigenvalue weighted by atomic mass is 9.34. The van der Waals surface area contributed by atoms with E-state index >= 15 is 0 Å². The van der Waals surface area contributed by atoms with Crippen LogP contribution >= 0.6 is 0 Å². The van der Waals surface area contributed by atoms with Gasteiger partial charge in [0, 0.05) is 5.41 Å². The molecule has 5 aliphatic carbocycles. The number of aliphatic carboxylic acids is 1. The minimum absolute atomic E-state index is 0.0755. The molecule has 56 heavy (non-hydrogen) atoms. The Morgan fingerprint density at radius 3 is 2.12 bits per heavy atom. The monoisotopic (exact) mass is 792 g/mol. The molecule has 0 amide bonds. The summed E-state index contributed by atoms with van der Waals surface area (Å²) in [5.74, 6) is -2.02. The molecule has 0 spiro atoms.